The molecule has 8 nitrogen and oxygen atoms in total. The molecule has 0 aliphatic rings. The van der Waals surface area contributed by atoms with E-state index in [1.54, 1.807) is 30.5 Å². The lowest BCUT2D eigenvalue weighted by Crippen LogP contribution is -2.29. The molecule has 1 N–H and O–H groups in total. The standard InChI is InChI=1S/C20H20FN5O3S/c1-11(2)9-24-18(28)17-15(6-7-30-17)26-19(24)23-25(20(26)29)10-16(27)22-13-5-4-12(3)14(21)8-13/h4-8,11H,9-10H2,1-3H3,(H,22,27). The first kappa shape index (κ1) is 20.0. The summed E-state index contributed by atoms with van der Waals surface area (Å²) in [5.41, 5.74) is 0.496. The van der Waals surface area contributed by atoms with E-state index in [0.717, 1.165) is 4.68 Å². The number of halogens is 1. The molecule has 0 saturated carbocycles. The van der Waals surface area contributed by atoms with Crippen molar-refractivity contribution in [2.24, 2.45) is 5.92 Å². The first-order chi connectivity index (χ1) is 14.3. The van der Waals surface area contributed by atoms with Crippen LogP contribution in [-0.2, 0) is 17.9 Å². The maximum atomic E-state index is 13.7. The lowest BCUT2D eigenvalue weighted by molar-refractivity contribution is -0.117. The quantitative estimate of drug-likeness (QED) is 0.528. The summed E-state index contributed by atoms with van der Waals surface area (Å²) in [6.07, 6.45) is 0. The molecule has 0 atom stereocenters. The van der Waals surface area contributed by atoms with E-state index in [1.807, 2.05) is 13.8 Å². The number of carbonyl (C=O) groups excluding carboxylic acids is 1. The van der Waals surface area contributed by atoms with Gasteiger partial charge in [-0.15, -0.1) is 16.4 Å². The Kier molecular flexibility index (Phi) is 5.02. The van der Waals surface area contributed by atoms with Crippen LogP contribution in [0, 0.1) is 18.7 Å². The van der Waals surface area contributed by atoms with Crippen LogP contribution in [-0.4, -0.2) is 24.7 Å². The average molecular weight is 429 g/mol. The molecule has 10 heteroatoms. The van der Waals surface area contributed by atoms with Crippen molar-refractivity contribution in [3.8, 4) is 0 Å². The van der Waals surface area contributed by atoms with Gasteiger partial charge in [0.15, 0.2) is 0 Å². The molecule has 0 spiro atoms. The van der Waals surface area contributed by atoms with Crippen LogP contribution in [0.4, 0.5) is 10.1 Å². The summed E-state index contributed by atoms with van der Waals surface area (Å²) in [7, 11) is 0. The zero-order chi connectivity index (χ0) is 21.6. The van der Waals surface area contributed by atoms with E-state index in [4.69, 9.17) is 0 Å². The number of fused-ring (bicyclic) bond motifs is 3. The lowest BCUT2D eigenvalue weighted by Gasteiger charge is -2.09. The van der Waals surface area contributed by atoms with E-state index in [1.165, 1.54) is 26.4 Å². The zero-order valence-corrected chi connectivity index (χ0v) is 17.5. The smallest absolute Gasteiger partial charge is 0.324 e. The van der Waals surface area contributed by atoms with Crippen molar-refractivity contribution < 1.29 is 9.18 Å². The van der Waals surface area contributed by atoms with Gasteiger partial charge < -0.3 is 5.32 Å². The van der Waals surface area contributed by atoms with Crippen LogP contribution in [0.3, 0.4) is 0 Å². The van der Waals surface area contributed by atoms with Gasteiger partial charge in [0.05, 0.1) is 5.52 Å². The fourth-order valence-corrected chi connectivity index (χ4v) is 4.10. The Morgan fingerprint density at radius 2 is 2.03 bits per heavy atom. The second kappa shape index (κ2) is 7.52. The number of rotatable bonds is 5. The van der Waals surface area contributed by atoms with Crippen molar-refractivity contribution in [1.29, 1.82) is 0 Å². The molecule has 0 aliphatic carbocycles. The first-order valence-electron chi connectivity index (χ1n) is 9.42. The monoisotopic (exact) mass is 429 g/mol. The minimum absolute atomic E-state index is 0.156. The molecule has 3 heterocycles. The van der Waals surface area contributed by atoms with Crippen LogP contribution >= 0.6 is 11.3 Å². The second-order valence-corrected chi connectivity index (χ2v) is 8.45. The molecule has 156 valence electrons. The number of nitrogens with one attached hydrogen (secondary N) is 1. The number of benzene rings is 1. The number of hydrogen-bond donors (Lipinski definition) is 1. The SMILES string of the molecule is Cc1ccc(NC(=O)Cn2nc3n(CC(C)C)c(=O)c4sccc4n3c2=O)cc1F. The highest BCUT2D eigenvalue weighted by atomic mass is 32.1. The highest BCUT2D eigenvalue weighted by Gasteiger charge is 2.20. The summed E-state index contributed by atoms with van der Waals surface area (Å²) < 4.78 is 18.0. The fourth-order valence-electron chi connectivity index (χ4n) is 3.27. The summed E-state index contributed by atoms with van der Waals surface area (Å²) in [6, 6.07) is 6.05. The fraction of sp³-hybridized carbons (Fsp3) is 0.300. The minimum Gasteiger partial charge on any atom is -0.324 e. The van der Waals surface area contributed by atoms with Crippen molar-refractivity contribution in [2.75, 3.05) is 5.32 Å². The number of nitrogens with zero attached hydrogens (tertiary/aromatic N) is 4. The van der Waals surface area contributed by atoms with Gasteiger partial charge >= 0.3 is 5.69 Å². The molecule has 1 aromatic carbocycles. The number of hydrogen-bond acceptors (Lipinski definition) is 5. The van der Waals surface area contributed by atoms with E-state index in [0.29, 0.717) is 22.3 Å². The maximum Gasteiger partial charge on any atom is 0.352 e. The number of aromatic nitrogens is 4. The molecule has 0 radical (unpaired) electrons. The predicted octanol–water partition coefficient (Wildman–Crippen LogP) is 2.61. The normalized spacial score (nSPS) is 11.6. The van der Waals surface area contributed by atoms with E-state index >= 15 is 0 Å². The largest absolute Gasteiger partial charge is 0.352 e. The van der Waals surface area contributed by atoms with Crippen molar-refractivity contribution in [3.63, 3.8) is 0 Å². The number of thiophene rings is 1. The van der Waals surface area contributed by atoms with Gasteiger partial charge in [-0.25, -0.2) is 18.3 Å². The molecule has 0 aliphatic heterocycles. The summed E-state index contributed by atoms with van der Waals surface area (Å²) in [4.78, 5) is 38.3. The highest BCUT2D eigenvalue weighted by molar-refractivity contribution is 7.17. The van der Waals surface area contributed by atoms with Crippen LogP contribution in [0.15, 0.2) is 39.2 Å². The zero-order valence-electron chi connectivity index (χ0n) is 16.7. The van der Waals surface area contributed by atoms with Crippen molar-refractivity contribution >= 4 is 38.9 Å². The van der Waals surface area contributed by atoms with Crippen molar-refractivity contribution in [1.82, 2.24) is 18.7 Å². The summed E-state index contributed by atoms with van der Waals surface area (Å²) >= 11 is 1.26. The highest BCUT2D eigenvalue weighted by Crippen LogP contribution is 2.18. The molecular weight excluding hydrogens is 409 g/mol. The van der Waals surface area contributed by atoms with Crippen LogP contribution in [0.2, 0.25) is 0 Å². The third kappa shape index (κ3) is 3.43. The lowest BCUT2D eigenvalue weighted by atomic mass is 10.2. The van der Waals surface area contributed by atoms with Gasteiger partial charge in [0.2, 0.25) is 11.7 Å². The Hall–Kier alpha value is -3.27. The molecule has 0 fully saturated rings. The number of amides is 1. The molecule has 4 rings (SSSR count). The summed E-state index contributed by atoms with van der Waals surface area (Å²) in [5, 5.41) is 8.58. The predicted molar refractivity (Wildman–Crippen MR) is 114 cm³/mol. The molecule has 0 bridgehead atoms. The Bertz CT molecular complexity index is 1400. The Balaban J connectivity index is 1.75. The van der Waals surface area contributed by atoms with Gasteiger partial charge in [0.25, 0.3) is 5.56 Å². The summed E-state index contributed by atoms with van der Waals surface area (Å²) in [5.74, 6) is -0.610. The maximum absolute atomic E-state index is 13.7. The van der Waals surface area contributed by atoms with Crippen molar-refractivity contribution in [2.45, 2.75) is 33.9 Å². The van der Waals surface area contributed by atoms with E-state index < -0.39 is 17.4 Å². The first-order valence-corrected chi connectivity index (χ1v) is 10.3. The Morgan fingerprint density at radius 3 is 2.73 bits per heavy atom. The number of anilines is 1. The Morgan fingerprint density at radius 1 is 1.27 bits per heavy atom. The van der Waals surface area contributed by atoms with Crippen LogP contribution in [0.25, 0.3) is 16.0 Å². The molecule has 3 aromatic heterocycles. The average Bonchev–Trinajstić information content (AvgIpc) is 3.27. The molecule has 0 unspecified atom stereocenters. The van der Waals surface area contributed by atoms with Gasteiger partial charge in [0.1, 0.15) is 17.1 Å². The topological polar surface area (TPSA) is 90.4 Å². The molecule has 30 heavy (non-hydrogen) atoms. The van der Waals surface area contributed by atoms with Crippen LogP contribution in [0.1, 0.15) is 19.4 Å². The third-order valence-electron chi connectivity index (χ3n) is 4.69. The molecule has 1 amide bonds. The second-order valence-electron chi connectivity index (χ2n) is 7.53. The van der Waals surface area contributed by atoms with Gasteiger partial charge in [-0.1, -0.05) is 19.9 Å². The number of aryl methyl sites for hydroxylation is 1. The van der Waals surface area contributed by atoms with Crippen molar-refractivity contribution in [3.05, 3.63) is 61.9 Å². The Labute approximate surface area is 174 Å². The van der Waals surface area contributed by atoms with Gasteiger partial charge in [-0.2, -0.15) is 0 Å². The van der Waals surface area contributed by atoms with Gasteiger partial charge in [-0.05, 0) is 42.0 Å². The summed E-state index contributed by atoms with van der Waals surface area (Å²) in [6.45, 7) is 5.58. The van der Waals surface area contributed by atoms with E-state index in [9.17, 15) is 18.8 Å². The third-order valence-corrected chi connectivity index (χ3v) is 5.58. The number of carbonyl (C=O) groups is 1. The minimum atomic E-state index is -0.525. The molecule has 0 saturated heterocycles. The molecule has 4 aromatic rings. The van der Waals surface area contributed by atoms with Gasteiger partial charge in [0, 0.05) is 12.2 Å². The van der Waals surface area contributed by atoms with Crippen LogP contribution < -0.4 is 16.6 Å². The van der Waals surface area contributed by atoms with Gasteiger partial charge in [-0.3, -0.25) is 14.2 Å². The van der Waals surface area contributed by atoms with E-state index in [-0.39, 0.29) is 29.5 Å². The molecular formula is C20H20FN5O3S. The van der Waals surface area contributed by atoms with Crippen LogP contribution in [0.5, 0.6) is 0 Å². The van der Waals surface area contributed by atoms with E-state index in [2.05, 4.69) is 10.4 Å².